The maximum Gasteiger partial charge on any atom is 0.401 e. The third-order valence-electron chi connectivity index (χ3n) is 2.41. The van der Waals surface area contributed by atoms with E-state index in [0.717, 1.165) is 16.3 Å². The molecule has 0 aliphatic carbocycles. The molecule has 0 saturated heterocycles. The summed E-state index contributed by atoms with van der Waals surface area (Å²) >= 11 is 0. The average Bonchev–Trinajstić information content (AvgIpc) is 2.28. The molecule has 2 rings (SSSR count). The largest absolute Gasteiger partial charge is 0.401 e. The van der Waals surface area contributed by atoms with Crippen molar-refractivity contribution < 1.29 is 13.2 Å². The molecule has 1 heterocycles. The van der Waals surface area contributed by atoms with E-state index in [4.69, 9.17) is 0 Å². The van der Waals surface area contributed by atoms with Crippen molar-refractivity contribution in [1.29, 1.82) is 0 Å². The number of aromatic nitrogens is 1. The van der Waals surface area contributed by atoms with Gasteiger partial charge in [-0.25, -0.2) is 0 Å². The summed E-state index contributed by atoms with van der Waals surface area (Å²) in [4.78, 5) is 3.97. The first kappa shape index (κ1) is 11.9. The van der Waals surface area contributed by atoms with Crippen LogP contribution in [0.25, 0.3) is 10.8 Å². The van der Waals surface area contributed by atoms with Gasteiger partial charge in [-0.15, -0.1) is 0 Å². The summed E-state index contributed by atoms with van der Waals surface area (Å²) in [5.41, 5.74) is 0.842. The van der Waals surface area contributed by atoms with E-state index in [9.17, 15) is 13.2 Å². The first-order valence-electron chi connectivity index (χ1n) is 5.15. The maximum absolute atomic E-state index is 12.0. The second-order valence-electron chi connectivity index (χ2n) is 3.73. The number of hydrogen-bond donors (Lipinski definition) is 1. The summed E-state index contributed by atoms with van der Waals surface area (Å²) in [6, 6.07) is 7.32. The zero-order chi connectivity index (χ0) is 12.3. The molecule has 2 aromatic rings. The summed E-state index contributed by atoms with van der Waals surface area (Å²) in [6.07, 6.45) is -0.843. The van der Waals surface area contributed by atoms with Crippen LogP contribution in [0, 0.1) is 0 Å². The van der Waals surface area contributed by atoms with Gasteiger partial charge in [-0.1, -0.05) is 18.2 Å². The van der Waals surface area contributed by atoms with Gasteiger partial charge in [0.25, 0.3) is 0 Å². The van der Waals surface area contributed by atoms with Crippen molar-refractivity contribution in [1.82, 2.24) is 10.3 Å². The summed E-state index contributed by atoms with van der Waals surface area (Å²) in [5, 5.41) is 4.25. The molecule has 1 N–H and O–H groups in total. The highest BCUT2D eigenvalue weighted by Crippen LogP contribution is 2.18. The van der Waals surface area contributed by atoms with E-state index in [2.05, 4.69) is 10.3 Å². The number of nitrogens with one attached hydrogen (secondary N) is 1. The molecule has 0 aliphatic heterocycles. The minimum absolute atomic E-state index is 0.195. The predicted octanol–water partition coefficient (Wildman–Crippen LogP) is 2.89. The van der Waals surface area contributed by atoms with Crippen molar-refractivity contribution in [3.8, 4) is 0 Å². The number of halogens is 3. The van der Waals surface area contributed by atoms with Gasteiger partial charge in [0.05, 0.1) is 6.54 Å². The Morgan fingerprint density at radius 1 is 1.18 bits per heavy atom. The van der Waals surface area contributed by atoms with E-state index in [-0.39, 0.29) is 6.54 Å². The van der Waals surface area contributed by atoms with Crippen LogP contribution in [-0.2, 0) is 6.54 Å². The smallest absolute Gasteiger partial charge is 0.305 e. The predicted molar refractivity (Wildman–Crippen MR) is 59.5 cm³/mol. The number of alkyl halides is 3. The molecule has 0 bridgehead atoms. The lowest BCUT2D eigenvalue weighted by molar-refractivity contribution is -0.125. The number of hydrogen-bond acceptors (Lipinski definition) is 2. The fraction of sp³-hybridized carbons (Fsp3) is 0.250. The maximum atomic E-state index is 12.0. The minimum Gasteiger partial charge on any atom is -0.305 e. The Bertz CT molecular complexity index is 503. The molecular weight excluding hydrogens is 229 g/mol. The van der Waals surface area contributed by atoms with Crippen molar-refractivity contribution in [2.75, 3.05) is 6.54 Å². The van der Waals surface area contributed by atoms with E-state index in [1.165, 1.54) is 0 Å². The van der Waals surface area contributed by atoms with Gasteiger partial charge >= 0.3 is 6.18 Å². The van der Waals surface area contributed by atoms with Crippen LogP contribution in [-0.4, -0.2) is 17.7 Å². The van der Waals surface area contributed by atoms with Crippen LogP contribution in [0.5, 0.6) is 0 Å². The van der Waals surface area contributed by atoms with E-state index in [0.29, 0.717) is 0 Å². The molecule has 1 aromatic carbocycles. The van der Waals surface area contributed by atoms with E-state index < -0.39 is 12.7 Å². The lowest BCUT2D eigenvalue weighted by atomic mass is 10.1. The third-order valence-corrected chi connectivity index (χ3v) is 2.41. The van der Waals surface area contributed by atoms with E-state index in [1.54, 1.807) is 18.5 Å². The van der Waals surface area contributed by atoms with Gasteiger partial charge in [-0.2, -0.15) is 13.2 Å². The zero-order valence-electron chi connectivity index (χ0n) is 8.96. The number of pyridine rings is 1. The summed E-state index contributed by atoms with van der Waals surface area (Å²) in [6.45, 7) is -0.782. The fourth-order valence-electron chi connectivity index (χ4n) is 1.68. The number of benzene rings is 1. The standard InChI is InChI=1S/C12H11F3N2/c13-12(14,15)8-17-7-10-3-1-2-9-6-16-5-4-11(9)10/h1-6,17H,7-8H2. The van der Waals surface area contributed by atoms with Gasteiger partial charge < -0.3 is 5.32 Å². The van der Waals surface area contributed by atoms with E-state index >= 15 is 0 Å². The van der Waals surface area contributed by atoms with Gasteiger partial charge in [0, 0.05) is 24.3 Å². The van der Waals surface area contributed by atoms with Crippen molar-refractivity contribution in [3.05, 3.63) is 42.2 Å². The molecule has 1 aromatic heterocycles. The third kappa shape index (κ3) is 3.17. The molecular formula is C12H11F3N2. The lowest BCUT2D eigenvalue weighted by Gasteiger charge is -2.10. The molecule has 0 amide bonds. The second-order valence-corrected chi connectivity index (χ2v) is 3.73. The van der Waals surface area contributed by atoms with Crippen molar-refractivity contribution in [3.63, 3.8) is 0 Å². The highest BCUT2D eigenvalue weighted by atomic mass is 19.4. The van der Waals surface area contributed by atoms with Crippen molar-refractivity contribution in [2.24, 2.45) is 0 Å². The van der Waals surface area contributed by atoms with Crippen LogP contribution < -0.4 is 5.32 Å². The molecule has 0 saturated carbocycles. The zero-order valence-corrected chi connectivity index (χ0v) is 8.96. The Hall–Kier alpha value is -1.62. The summed E-state index contributed by atoms with van der Waals surface area (Å²) < 4.78 is 36.0. The first-order valence-corrected chi connectivity index (χ1v) is 5.15. The van der Waals surface area contributed by atoms with Gasteiger partial charge in [0.15, 0.2) is 0 Å². The Balaban J connectivity index is 2.13. The van der Waals surface area contributed by atoms with E-state index in [1.807, 2.05) is 18.2 Å². The molecule has 0 fully saturated rings. The Kier molecular flexibility index (Phi) is 3.28. The van der Waals surface area contributed by atoms with Gasteiger partial charge in [0.2, 0.25) is 0 Å². The molecule has 0 atom stereocenters. The molecule has 17 heavy (non-hydrogen) atoms. The normalized spacial score (nSPS) is 11.9. The summed E-state index contributed by atoms with van der Waals surface area (Å²) in [7, 11) is 0. The Morgan fingerprint density at radius 2 is 2.00 bits per heavy atom. The highest BCUT2D eigenvalue weighted by Gasteiger charge is 2.26. The monoisotopic (exact) mass is 240 g/mol. The summed E-state index contributed by atoms with van der Waals surface area (Å²) in [5.74, 6) is 0. The topological polar surface area (TPSA) is 24.9 Å². The van der Waals surface area contributed by atoms with Crippen LogP contribution >= 0.6 is 0 Å². The van der Waals surface area contributed by atoms with Gasteiger partial charge in [-0.3, -0.25) is 4.98 Å². The number of nitrogens with zero attached hydrogens (tertiary/aromatic N) is 1. The second kappa shape index (κ2) is 4.71. The van der Waals surface area contributed by atoms with Crippen LogP contribution in [0.4, 0.5) is 13.2 Å². The average molecular weight is 240 g/mol. The molecule has 0 spiro atoms. The first-order chi connectivity index (χ1) is 8.06. The van der Waals surface area contributed by atoms with Crippen LogP contribution in [0.15, 0.2) is 36.7 Å². The lowest BCUT2D eigenvalue weighted by Crippen LogP contribution is -2.28. The number of rotatable bonds is 3. The van der Waals surface area contributed by atoms with Crippen LogP contribution in [0.3, 0.4) is 0 Å². The van der Waals surface area contributed by atoms with Crippen molar-refractivity contribution >= 4 is 10.8 Å². The molecule has 2 nitrogen and oxygen atoms in total. The van der Waals surface area contributed by atoms with Crippen molar-refractivity contribution in [2.45, 2.75) is 12.7 Å². The van der Waals surface area contributed by atoms with Crippen LogP contribution in [0.1, 0.15) is 5.56 Å². The SMILES string of the molecule is FC(F)(F)CNCc1cccc2cnccc12. The van der Waals surface area contributed by atoms with Crippen LogP contribution in [0.2, 0.25) is 0 Å². The quantitative estimate of drug-likeness (QED) is 0.892. The fourth-order valence-corrected chi connectivity index (χ4v) is 1.68. The molecule has 0 unspecified atom stereocenters. The number of fused-ring (bicyclic) bond motifs is 1. The Morgan fingerprint density at radius 3 is 2.76 bits per heavy atom. The Labute approximate surface area is 96.5 Å². The van der Waals surface area contributed by atoms with Gasteiger partial charge in [0.1, 0.15) is 0 Å². The minimum atomic E-state index is -4.17. The molecule has 0 aliphatic rings. The highest BCUT2D eigenvalue weighted by molar-refractivity contribution is 5.84. The molecule has 90 valence electrons. The van der Waals surface area contributed by atoms with Gasteiger partial charge in [-0.05, 0) is 17.0 Å². The molecule has 5 heteroatoms. The molecule has 0 radical (unpaired) electrons.